The van der Waals surface area contributed by atoms with Crippen LogP contribution in [0.4, 0.5) is 0 Å². The second-order valence-electron chi connectivity index (χ2n) is 8.93. The Morgan fingerprint density at radius 2 is 1.83 bits per heavy atom. The van der Waals surface area contributed by atoms with E-state index in [1.807, 2.05) is 48.5 Å². The molecule has 0 radical (unpaired) electrons. The van der Waals surface area contributed by atoms with Gasteiger partial charge in [-0.3, -0.25) is 9.59 Å². The lowest BCUT2D eigenvalue weighted by atomic mass is 9.86. The molecule has 7 nitrogen and oxygen atoms in total. The molecule has 35 heavy (non-hydrogen) atoms. The maximum Gasteiger partial charge on any atom is 0.325 e. The zero-order valence-corrected chi connectivity index (χ0v) is 21.5. The highest BCUT2D eigenvalue weighted by molar-refractivity contribution is 8.18. The summed E-state index contributed by atoms with van der Waals surface area (Å²) in [5.41, 5.74) is -0.908. The van der Waals surface area contributed by atoms with Crippen molar-refractivity contribution in [2.75, 3.05) is 6.54 Å². The van der Waals surface area contributed by atoms with E-state index in [1.165, 1.54) is 18.7 Å². The molecule has 1 amide bonds. The van der Waals surface area contributed by atoms with Crippen LogP contribution in [0.5, 0.6) is 0 Å². The number of carboxylic acids is 1. The van der Waals surface area contributed by atoms with Gasteiger partial charge in [0.05, 0.1) is 0 Å². The molecule has 4 rings (SSSR count). The predicted octanol–water partition coefficient (Wildman–Crippen LogP) is 4.14. The molecule has 3 atom stereocenters. The Morgan fingerprint density at radius 3 is 2.46 bits per heavy atom. The lowest BCUT2D eigenvalue weighted by molar-refractivity contribution is -0.140. The molecule has 3 N–H and O–H groups in total. The predicted molar refractivity (Wildman–Crippen MR) is 139 cm³/mol. The Bertz CT molecular complexity index is 1250. The number of allylic oxidation sites excluding steroid dienone is 1. The quantitative estimate of drug-likeness (QED) is 0.395. The van der Waals surface area contributed by atoms with Crippen LogP contribution in [0, 0.1) is 0 Å². The molecule has 0 aromatic heterocycles. The maximum absolute atomic E-state index is 13.5. The first kappa shape index (κ1) is 25.8. The molecule has 3 unspecified atom stereocenters. The Morgan fingerprint density at radius 1 is 1.14 bits per heavy atom. The highest BCUT2D eigenvalue weighted by Gasteiger charge is 2.74. The summed E-state index contributed by atoms with van der Waals surface area (Å²) in [6.07, 6.45) is 3.21. The topological polar surface area (TPSA) is 113 Å². The van der Waals surface area contributed by atoms with Crippen molar-refractivity contribution in [3.8, 4) is 0 Å². The van der Waals surface area contributed by atoms with Crippen LogP contribution in [0.15, 0.2) is 60.7 Å². The van der Waals surface area contributed by atoms with Gasteiger partial charge in [-0.1, -0.05) is 60.1 Å². The Hall–Kier alpha value is -2.33. The number of halogens is 1. The Labute approximate surface area is 214 Å². The lowest BCUT2D eigenvalue weighted by Gasteiger charge is -2.26. The van der Waals surface area contributed by atoms with E-state index >= 15 is 0 Å². The third kappa shape index (κ3) is 5.14. The van der Waals surface area contributed by atoms with Crippen molar-refractivity contribution in [2.45, 2.75) is 48.1 Å². The van der Waals surface area contributed by atoms with E-state index in [-0.39, 0.29) is 18.7 Å². The van der Waals surface area contributed by atoms with Crippen molar-refractivity contribution in [2.24, 2.45) is 0 Å². The van der Waals surface area contributed by atoms with E-state index in [0.717, 1.165) is 16.0 Å². The third-order valence-electron chi connectivity index (χ3n) is 6.65. The fourth-order valence-corrected chi connectivity index (χ4v) is 8.16. The van der Waals surface area contributed by atoms with Crippen molar-refractivity contribution in [3.05, 3.63) is 76.8 Å². The SMILES string of the molecule is CC(=O)NCCCC1(c2ccccc2)CC1(NS(=O)(=O)C1CC=C(c2ccc(Cl)cc2)S1)C(=O)O. The number of amides is 1. The number of thioether (sulfide) groups is 1. The van der Waals surface area contributed by atoms with Gasteiger partial charge < -0.3 is 10.4 Å². The maximum atomic E-state index is 13.5. The van der Waals surface area contributed by atoms with E-state index < -0.39 is 31.5 Å². The summed E-state index contributed by atoms with van der Waals surface area (Å²) < 4.78 is 28.7. The number of aliphatic carboxylic acids is 1. The highest BCUT2D eigenvalue weighted by atomic mass is 35.5. The minimum absolute atomic E-state index is 0.146. The molecule has 1 aliphatic heterocycles. The number of rotatable bonds is 10. The molecule has 10 heteroatoms. The largest absolute Gasteiger partial charge is 0.480 e. The number of hydrogen-bond donors (Lipinski definition) is 3. The standard InChI is InChI=1S/C25H27ClN2O5S2/c1-17(29)27-15-5-14-24(19-6-3-2-4-7-19)16-25(24,23(30)31)28-35(32,33)22-13-12-21(34-22)18-8-10-20(26)11-9-18/h2-4,6-12,22,28H,5,13-16H2,1H3,(H,27,29)(H,30,31). The summed E-state index contributed by atoms with van der Waals surface area (Å²) >= 11 is 7.16. The average molecular weight is 535 g/mol. The molecular formula is C25H27ClN2O5S2. The zero-order chi connectivity index (χ0) is 25.3. The zero-order valence-electron chi connectivity index (χ0n) is 19.2. The first-order valence-corrected chi connectivity index (χ1v) is 14.1. The molecule has 1 fully saturated rings. The summed E-state index contributed by atoms with van der Waals surface area (Å²) in [5, 5.41) is 13.6. The molecule has 2 aliphatic rings. The summed E-state index contributed by atoms with van der Waals surface area (Å²) in [5.74, 6) is -1.36. The van der Waals surface area contributed by atoms with Crippen molar-refractivity contribution < 1.29 is 23.1 Å². The monoisotopic (exact) mass is 534 g/mol. The molecule has 0 saturated heterocycles. The number of hydrogen-bond acceptors (Lipinski definition) is 5. The molecule has 2 aromatic carbocycles. The number of nitrogens with one attached hydrogen (secondary N) is 2. The first-order valence-electron chi connectivity index (χ1n) is 11.3. The summed E-state index contributed by atoms with van der Waals surface area (Å²) in [6, 6.07) is 16.3. The van der Waals surface area contributed by atoms with E-state index in [1.54, 1.807) is 12.1 Å². The molecule has 0 bridgehead atoms. The molecular weight excluding hydrogens is 508 g/mol. The van der Waals surface area contributed by atoms with E-state index in [4.69, 9.17) is 11.6 Å². The van der Waals surface area contributed by atoms with Gasteiger partial charge in [-0.25, -0.2) is 8.42 Å². The third-order valence-corrected chi connectivity index (χ3v) is 10.6. The van der Waals surface area contributed by atoms with Gasteiger partial charge in [0, 0.05) is 28.8 Å². The second kappa shape index (κ2) is 9.97. The average Bonchev–Trinajstić information content (AvgIpc) is 3.19. The minimum atomic E-state index is -3.99. The molecule has 1 saturated carbocycles. The van der Waals surface area contributed by atoms with Crippen LogP contribution < -0.4 is 10.0 Å². The van der Waals surface area contributed by atoms with Gasteiger partial charge in [0.15, 0.2) is 0 Å². The number of carboxylic acid groups (broad SMARTS) is 1. The van der Waals surface area contributed by atoms with Crippen LogP contribution in [0.2, 0.25) is 5.02 Å². The van der Waals surface area contributed by atoms with Gasteiger partial charge in [-0.15, -0.1) is 11.8 Å². The van der Waals surface area contributed by atoms with Crippen molar-refractivity contribution in [1.29, 1.82) is 0 Å². The van der Waals surface area contributed by atoms with Crippen LogP contribution in [0.1, 0.15) is 43.7 Å². The molecule has 1 heterocycles. The summed E-state index contributed by atoms with van der Waals surface area (Å²) in [7, 11) is -3.99. The van der Waals surface area contributed by atoms with E-state index in [0.29, 0.717) is 24.4 Å². The highest BCUT2D eigenvalue weighted by Crippen LogP contribution is 2.61. The van der Waals surface area contributed by atoms with Gasteiger partial charge in [0.25, 0.3) is 0 Å². The van der Waals surface area contributed by atoms with Crippen LogP contribution in [-0.4, -0.2) is 42.1 Å². The number of carbonyl (C=O) groups excluding carboxylic acids is 1. The minimum Gasteiger partial charge on any atom is -0.480 e. The Kier molecular flexibility index (Phi) is 7.33. The van der Waals surface area contributed by atoms with Crippen LogP contribution in [-0.2, 0) is 25.0 Å². The second-order valence-corrected chi connectivity index (χ2v) is 12.8. The Balaban J connectivity index is 1.55. The van der Waals surface area contributed by atoms with Crippen LogP contribution >= 0.6 is 23.4 Å². The smallest absolute Gasteiger partial charge is 0.325 e. The molecule has 186 valence electrons. The lowest BCUT2D eigenvalue weighted by Crippen LogP contribution is -2.51. The van der Waals surface area contributed by atoms with Crippen LogP contribution in [0.25, 0.3) is 4.91 Å². The van der Waals surface area contributed by atoms with Crippen molar-refractivity contribution in [1.82, 2.24) is 10.0 Å². The van der Waals surface area contributed by atoms with Gasteiger partial charge in [0.2, 0.25) is 15.9 Å². The fourth-order valence-electron chi connectivity index (χ4n) is 4.81. The van der Waals surface area contributed by atoms with Crippen molar-refractivity contribution >= 4 is 50.2 Å². The van der Waals surface area contributed by atoms with Crippen molar-refractivity contribution in [3.63, 3.8) is 0 Å². The normalized spacial score (nSPS) is 25.7. The number of sulfonamides is 1. The number of carbonyl (C=O) groups is 2. The first-order chi connectivity index (χ1) is 16.6. The van der Waals surface area contributed by atoms with Gasteiger partial charge >= 0.3 is 5.97 Å². The van der Waals surface area contributed by atoms with Gasteiger partial charge in [0.1, 0.15) is 10.1 Å². The summed E-state index contributed by atoms with van der Waals surface area (Å²) in [6.45, 7) is 1.81. The van der Waals surface area contributed by atoms with Gasteiger partial charge in [-0.2, -0.15) is 4.72 Å². The van der Waals surface area contributed by atoms with E-state index in [2.05, 4.69) is 10.0 Å². The van der Waals surface area contributed by atoms with Gasteiger partial charge in [-0.05, 0) is 48.9 Å². The van der Waals surface area contributed by atoms with E-state index in [9.17, 15) is 23.1 Å². The molecule has 0 spiro atoms. The number of benzene rings is 2. The molecule has 1 aliphatic carbocycles. The summed E-state index contributed by atoms with van der Waals surface area (Å²) in [4.78, 5) is 24.7. The fraction of sp³-hybridized carbons (Fsp3) is 0.360. The molecule has 2 aromatic rings. The van der Waals surface area contributed by atoms with Crippen LogP contribution in [0.3, 0.4) is 0 Å².